The third-order valence-corrected chi connectivity index (χ3v) is 4.14. The summed E-state index contributed by atoms with van der Waals surface area (Å²) in [5.74, 6) is 0.506. The Balaban J connectivity index is 2.18. The van der Waals surface area contributed by atoms with Crippen LogP contribution in [0.15, 0.2) is 42.5 Å². The van der Waals surface area contributed by atoms with Crippen molar-refractivity contribution in [3.8, 4) is 0 Å². The van der Waals surface area contributed by atoms with Crippen molar-refractivity contribution < 1.29 is 4.79 Å². The van der Waals surface area contributed by atoms with Gasteiger partial charge in [-0.3, -0.25) is 4.79 Å². The molecular weight excluding hydrogens is 291 g/mol. The molecule has 2 rings (SSSR count). The molecule has 0 radical (unpaired) electrons. The van der Waals surface area contributed by atoms with E-state index in [-0.39, 0.29) is 12.2 Å². The van der Waals surface area contributed by atoms with Gasteiger partial charge in [-0.1, -0.05) is 73.4 Å². The molecule has 0 saturated heterocycles. The summed E-state index contributed by atoms with van der Waals surface area (Å²) in [6.45, 7) is 4.26. The summed E-state index contributed by atoms with van der Waals surface area (Å²) in [5.41, 5.74) is 2.69. The first-order valence-corrected chi connectivity index (χ1v) is 7.30. The van der Waals surface area contributed by atoms with Crippen molar-refractivity contribution >= 4 is 29.0 Å². The average molecular weight is 307 g/mol. The normalized spacial score (nSPS) is 10.8. The van der Waals surface area contributed by atoms with Gasteiger partial charge in [0.05, 0.1) is 10.0 Å². The minimum Gasteiger partial charge on any atom is -0.294 e. The molecule has 0 saturated carbocycles. The zero-order valence-electron chi connectivity index (χ0n) is 11.5. The Morgan fingerprint density at radius 3 is 2.30 bits per heavy atom. The Morgan fingerprint density at radius 2 is 1.70 bits per heavy atom. The van der Waals surface area contributed by atoms with Crippen molar-refractivity contribution in [2.24, 2.45) is 0 Å². The molecule has 0 amide bonds. The third-order valence-electron chi connectivity index (χ3n) is 3.28. The Bertz CT molecular complexity index is 615. The molecule has 0 spiro atoms. The molecule has 0 atom stereocenters. The first-order valence-electron chi connectivity index (χ1n) is 6.55. The summed E-state index contributed by atoms with van der Waals surface area (Å²) in [6.07, 6.45) is 0.264. The number of benzene rings is 2. The van der Waals surface area contributed by atoms with E-state index in [2.05, 4.69) is 13.8 Å². The summed E-state index contributed by atoms with van der Waals surface area (Å²) in [4.78, 5) is 12.3. The number of halogens is 2. The molecule has 0 N–H and O–H groups in total. The Kier molecular flexibility index (Phi) is 4.85. The third kappa shape index (κ3) is 3.41. The van der Waals surface area contributed by atoms with Crippen LogP contribution in [0.25, 0.3) is 0 Å². The van der Waals surface area contributed by atoms with Crippen molar-refractivity contribution in [1.82, 2.24) is 0 Å². The second-order valence-corrected chi connectivity index (χ2v) is 5.87. The number of carbonyl (C=O) groups is 1. The lowest BCUT2D eigenvalue weighted by molar-refractivity contribution is 0.0993. The number of carbonyl (C=O) groups excluding carboxylic acids is 1. The summed E-state index contributed by atoms with van der Waals surface area (Å²) in [7, 11) is 0. The summed E-state index contributed by atoms with van der Waals surface area (Å²) in [5, 5.41) is 0.938. The molecule has 2 aromatic carbocycles. The first-order chi connectivity index (χ1) is 9.49. The second kappa shape index (κ2) is 6.43. The first kappa shape index (κ1) is 15.1. The SMILES string of the molecule is CC(C)c1ccc(C(=O)Cc2cccc(Cl)c2Cl)cc1. The average Bonchev–Trinajstić information content (AvgIpc) is 2.44. The van der Waals surface area contributed by atoms with Crippen LogP contribution in [0.3, 0.4) is 0 Å². The van der Waals surface area contributed by atoms with E-state index >= 15 is 0 Å². The number of rotatable bonds is 4. The van der Waals surface area contributed by atoms with Gasteiger partial charge in [-0.2, -0.15) is 0 Å². The number of ketones is 1. The maximum absolute atomic E-state index is 12.3. The highest BCUT2D eigenvalue weighted by Crippen LogP contribution is 2.26. The zero-order chi connectivity index (χ0) is 14.7. The topological polar surface area (TPSA) is 17.1 Å². The van der Waals surface area contributed by atoms with Gasteiger partial charge in [-0.05, 0) is 23.1 Å². The van der Waals surface area contributed by atoms with Crippen LogP contribution < -0.4 is 0 Å². The van der Waals surface area contributed by atoms with Gasteiger partial charge in [0.2, 0.25) is 0 Å². The maximum atomic E-state index is 12.3. The van der Waals surface area contributed by atoms with E-state index < -0.39 is 0 Å². The number of Topliss-reactive ketones (excluding diaryl/α,β-unsaturated/α-hetero) is 1. The van der Waals surface area contributed by atoms with Crippen molar-refractivity contribution in [3.05, 3.63) is 69.2 Å². The van der Waals surface area contributed by atoms with Gasteiger partial charge in [0.1, 0.15) is 0 Å². The van der Waals surface area contributed by atoms with Crippen LogP contribution in [0.5, 0.6) is 0 Å². The number of hydrogen-bond donors (Lipinski definition) is 0. The zero-order valence-corrected chi connectivity index (χ0v) is 13.0. The summed E-state index contributed by atoms with van der Waals surface area (Å²) >= 11 is 12.1. The van der Waals surface area contributed by atoms with Gasteiger partial charge in [0.15, 0.2) is 5.78 Å². The van der Waals surface area contributed by atoms with Crippen molar-refractivity contribution in [2.45, 2.75) is 26.2 Å². The van der Waals surface area contributed by atoms with E-state index in [1.54, 1.807) is 12.1 Å². The fourth-order valence-corrected chi connectivity index (χ4v) is 2.40. The molecule has 3 heteroatoms. The van der Waals surface area contributed by atoms with Crippen molar-refractivity contribution in [1.29, 1.82) is 0 Å². The Hall–Kier alpha value is -1.31. The largest absolute Gasteiger partial charge is 0.294 e. The molecule has 2 aromatic rings. The fraction of sp³-hybridized carbons (Fsp3) is 0.235. The smallest absolute Gasteiger partial charge is 0.167 e. The molecule has 0 aromatic heterocycles. The molecule has 1 nitrogen and oxygen atoms in total. The second-order valence-electron chi connectivity index (χ2n) is 5.09. The van der Waals surface area contributed by atoms with E-state index in [1.165, 1.54) is 5.56 Å². The molecule has 0 aliphatic carbocycles. The van der Waals surface area contributed by atoms with Crippen molar-refractivity contribution in [2.75, 3.05) is 0 Å². The molecule has 0 fully saturated rings. The van der Waals surface area contributed by atoms with E-state index in [9.17, 15) is 4.79 Å². The molecular formula is C17H16Cl2O. The molecule has 0 bridgehead atoms. The quantitative estimate of drug-likeness (QED) is 0.678. The fourth-order valence-electron chi connectivity index (χ4n) is 2.01. The van der Waals surface area contributed by atoms with Crippen LogP contribution in [0.1, 0.15) is 41.3 Å². The lowest BCUT2D eigenvalue weighted by atomic mass is 9.98. The molecule has 0 heterocycles. The molecule has 20 heavy (non-hydrogen) atoms. The minimum absolute atomic E-state index is 0.0458. The Labute approximate surface area is 129 Å². The monoisotopic (exact) mass is 306 g/mol. The van der Waals surface area contributed by atoms with Crippen LogP contribution in [0, 0.1) is 0 Å². The van der Waals surface area contributed by atoms with Gasteiger partial charge in [-0.15, -0.1) is 0 Å². The Morgan fingerprint density at radius 1 is 1.05 bits per heavy atom. The van der Waals surface area contributed by atoms with Gasteiger partial charge >= 0.3 is 0 Å². The van der Waals surface area contributed by atoms with Crippen LogP contribution >= 0.6 is 23.2 Å². The van der Waals surface area contributed by atoms with Crippen LogP contribution in [0.4, 0.5) is 0 Å². The predicted molar refractivity (Wildman–Crippen MR) is 85.0 cm³/mol. The highest BCUT2D eigenvalue weighted by Gasteiger charge is 2.11. The maximum Gasteiger partial charge on any atom is 0.167 e. The molecule has 0 aliphatic rings. The summed E-state index contributed by atoms with van der Waals surface area (Å²) < 4.78 is 0. The lowest BCUT2D eigenvalue weighted by Gasteiger charge is -2.08. The van der Waals surface area contributed by atoms with Crippen LogP contribution in [0.2, 0.25) is 10.0 Å². The van der Waals surface area contributed by atoms with Crippen LogP contribution in [-0.2, 0) is 6.42 Å². The van der Waals surface area contributed by atoms with Gasteiger partial charge in [-0.25, -0.2) is 0 Å². The molecule has 0 aliphatic heterocycles. The summed E-state index contributed by atoms with van der Waals surface area (Å²) in [6, 6.07) is 13.1. The van der Waals surface area contributed by atoms with E-state index in [1.807, 2.05) is 30.3 Å². The predicted octanol–water partition coefficient (Wildman–Crippen LogP) is 5.54. The minimum atomic E-state index is 0.0458. The van der Waals surface area contributed by atoms with Gasteiger partial charge in [0.25, 0.3) is 0 Å². The molecule has 104 valence electrons. The molecule has 0 unspecified atom stereocenters. The van der Waals surface area contributed by atoms with E-state index in [0.29, 0.717) is 21.5 Å². The number of hydrogen-bond acceptors (Lipinski definition) is 1. The van der Waals surface area contributed by atoms with E-state index in [0.717, 1.165) is 5.56 Å². The lowest BCUT2D eigenvalue weighted by Crippen LogP contribution is -2.04. The van der Waals surface area contributed by atoms with Gasteiger partial charge < -0.3 is 0 Å². The standard InChI is InChI=1S/C17H16Cl2O/c1-11(2)12-6-8-13(9-7-12)16(20)10-14-4-3-5-15(18)17(14)19/h3-9,11H,10H2,1-2H3. The van der Waals surface area contributed by atoms with Crippen molar-refractivity contribution in [3.63, 3.8) is 0 Å². The van der Waals surface area contributed by atoms with Crippen LogP contribution in [-0.4, -0.2) is 5.78 Å². The highest BCUT2D eigenvalue weighted by atomic mass is 35.5. The van der Waals surface area contributed by atoms with E-state index in [4.69, 9.17) is 23.2 Å². The van der Waals surface area contributed by atoms with Gasteiger partial charge in [0, 0.05) is 12.0 Å². The highest BCUT2D eigenvalue weighted by molar-refractivity contribution is 6.42.